The highest BCUT2D eigenvalue weighted by Crippen LogP contribution is 2.25. The van der Waals surface area contributed by atoms with Crippen molar-refractivity contribution in [1.82, 2.24) is 0 Å². The van der Waals surface area contributed by atoms with Crippen molar-refractivity contribution in [3.05, 3.63) is 36.5 Å². The smallest absolute Gasteiger partial charge is 0.397 e. The Bertz CT molecular complexity index is 936. The molecular weight excluding hydrogens is 596 g/mol. The molecule has 0 aromatic rings. The van der Waals surface area contributed by atoms with Crippen LogP contribution >= 0.6 is 0 Å². The van der Waals surface area contributed by atoms with Gasteiger partial charge in [0.25, 0.3) is 0 Å². The van der Waals surface area contributed by atoms with E-state index in [0.29, 0.717) is 13.0 Å². The van der Waals surface area contributed by atoms with Crippen LogP contribution in [-0.2, 0) is 38.3 Å². The van der Waals surface area contributed by atoms with Crippen LogP contribution in [0.25, 0.3) is 0 Å². The maximum atomic E-state index is 12.4. The van der Waals surface area contributed by atoms with Crippen LogP contribution in [0.15, 0.2) is 36.5 Å². The molecule has 1 fully saturated rings. The molecule has 0 aromatic carbocycles. The normalized spacial score (nSPS) is 23.6. The number of hydrogen-bond donors (Lipinski definition) is 4. The van der Waals surface area contributed by atoms with Crippen LogP contribution in [0.1, 0.15) is 90.9 Å². The van der Waals surface area contributed by atoms with E-state index in [2.05, 4.69) is 47.6 Å². The van der Waals surface area contributed by atoms with E-state index in [9.17, 15) is 28.5 Å². The highest BCUT2D eigenvalue weighted by molar-refractivity contribution is 7.80. The zero-order valence-electron chi connectivity index (χ0n) is 26.2. The third kappa shape index (κ3) is 19.0. The number of rotatable bonds is 25. The third-order valence-electron chi connectivity index (χ3n) is 6.78. The molecule has 0 amide bonds. The Balaban J connectivity index is 2.49. The van der Waals surface area contributed by atoms with Gasteiger partial charge in [0.1, 0.15) is 30.5 Å². The van der Waals surface area contributed by atoms with E-state index in [1.54, 1.807) is 0 Å². The molecule has 256 valence electrons. The van der Waals surface area contributed by atoms with E-state index in [1.807, 2.05) is 6.92 Å². The monoisotopic (exact) mass is 650 g/mol. The molecule has 0 spiro atoms. The minimum atomic E-state index is -5.05. The number of allylic oxidation sites excluding steroid dienone is 6. The standard InChI is InChI=1S/C31H54O12S/c1-3-5-7-8-9-10-11-12-13-14-15-16-17-19-21-39-23-25(41-27(33)20-18-6-4-2)24-40-31-29(35)30(43-44(36,37)38)28(34)26(22-32)42-31/h5,7,9-10,12-13,25-26,28-32,34-35H,3-4,6,8,11,14-24H2,1-2H3,(H,36,37,38)/b7-5-,10-9-,13-12-. The number of esters is 1. The summed E-state index contributed by atoms with van der Waals surface area (Å²) < 4.78 is 58.0. The highest BCUT2D eigenvalue weighted by atomic mass is 32.3. The molecule has 13 heteroatoms. The van der Waals surface area contributed by atoms with Crippen molar-refractivity contribution < 1.29 is 56.2 Å². The Morgan fingerprint density at radius 1 is 0.886 bits per heavy atom. The van der Waals surface area contributed by atoms with Crippen molar-refractivity contribution in [1.29, 1.82) is 0 Å². The van der Waals surface area contributed by atoms with Crippen molar-refractivity contribution in [3.63, 3.8) is 0 Å². The zero-order chi connectivity index (χ0) is 32.6. The van der Waals surface area contributed by atoms with Crippen LogP contribution in [-0.4, -0.2) is 97.5 Å². The number of ether oxygens (including phenoxy) is 4. The maximum absolute atomic E-state index is 12.4. The van der Waals surface area contributed by atoms with Crippen molar-refractivity contribution in [2.24, 2.45) is 0 Å². The molecule has 0 radical (unpaired) electrons. The van der Waals surface area contributed by atoms with Gasteiger partial charge in [-0.1, -0.05) is 76.0 Å². The topological polar surface area (TPSA) is 178 Å². The van der Waals surface area contributed by atoms with Crippen LogP contribution in [0.5, 0.6) is 0 Å². The highest BCUT2D eigenvalue weighted by Gasteiger charge is 2.48. The van der Waals surface area contributed by atoms with Crippen LogP contribution < -0.4 is 0 Å². The summed E-state index contributed by atoms with van der Waals surface area (Å²) in [7, 11) is -5.05. The van der Waals surface area contributed by atoms with Crippen LogP contribution in [0.4, 0.5) is 0 Å². The fourth-order valence-corrected chi connectivity index (χ4v) is 4.90. The SMILES string of the molecule is CC/C=C\C/C=C\C/C=C\CCCCCCOCC(COC1OC(CO)C(O)C(OS(=O)(=O)O)C1O)OC(=O)CCCCC. The van der Waals surface area contributed by atoms with Gasteiger partial charge in [-0.25, -0.2) is 4.18 Å². The first-order chi connectivity index (χ1) is 21.1. The average Bonchev–Trinajstić information content (AvgIpc) is 2.98. The Morgan fingerprint density at radius 3 is 2.23 bits per heavy atom. The molecule has 1 aliphatic rings. The summed E-state index contributed by atoms with van der Waals surface area (Å²) in [5.74, 6) is -0.436. The number of aliphatic hydroxyl groups excluding tert-OH is 3. The predicted molar refractivity (Wildman–Crippen MR) is 165 cm³/mol. The van der Waals surface area contributed by atoms with E-state index in [1.165, 1.54) is 0 Å². The molecule has 1 rings (SSSR count). The van der Waals surface area contributed by atoms with Crippen molar-refractivity contribution in [2.75, 3.05) is 26.4 Å². The zero-order valence-corrected chi connectivity index (χ0v) is 27.0. The van der Waals surface area contributed by atoms with Crippen molar-refractivity contribution in [2.45, 2.75) is 128 Å². The first-order valence-corrected chi connectivity index (χ1v) is 17.1. The second-order valence-electron chi connectivity index (χ2n) is 10.7. The fourth-order valence-electron chi connectivity index (χ4n) is 4.39. The molecule has 1 saturated heterocycles. The largest absolute Gasteiger partial charge is 0.457 e. The third-order valence-corrected chi connectivity index (χ3v) is 7.24. The summed E-state index contributed by atoms with van der Waals surface area (Å²) in [4.78, 5) is 12.4. The van der Waals surface area contributed by atoms with Gasteiger partial charge in [0.05, 0.1) is 19.8 Å². The fraction of sp³-hybridized carbons (Fsp3) is 0.774. The number of aliphatic hydroxyl groups is 3. The van der Waals surface area contributed by atoms with Crippen LogP contribution in [0.2, 0.25) is 0 Å². The summed E-state index contributed by atoms with van der Waals surface area (Å²) >= 11 is 0. The number of hydrogen-bond acceptors (Lipinski definition) is 11. The molecule has 0 aliphatic carbocycles. The van der Waals surface area contributed by atoms with Crippen LogP contribution in [0.3, 0.4) is 0 Å². The van der Waals surface area contributed by atoms with Gasteiger partial charge in [0.15, 0.2) is 6.29 Å². The Morgan fingerprint density at radius 2 is 1.57 bits per heavy atom. The minimum Gasteiger partial charge on any atom is -0.457 e. The lowest BCUT2D eigenvalue weighted by molar-refractivity contribution is -0.301. The lowest BCUT2D eigenvalue weighted by atomic mass is 9.99. The van der Waals surface area contributed by atoms with Gasteiger partial charge in [-0.3, -0.25) is 9.35 Å². The molecule has 1 heterocycles. The summed E-state index contributed by atoms with van der Waals surface area (Å²) in [6.07, 6.45) is 14.4. The number of carbonyl (C=O) groups excluding carboxylic acids is 1. The van der Waals surface area contributed by atoms with Crippen molar-refractivity contribution >= 4 is 16.4 Å². The van der Waals surface area contributed by atoms with Gasteiger partial charge in [-0.2, -0.15) is 8.42 Å². The van der Waals surface area contributed by atoms with E-state index >= 15 is 0 Å². The van der Waals surface area contributed by atoms with E-state index in [-0.39, 0.29) is 19.6 Å². The van der Waals surface area contributed by atoms with Gasteiger partial charge in [-0.15, -0.1) is 0 Å². The number of carbonyl (C=O) groups is 1. The van der Waals surface area contributed by atoms with Crippen LogP contribution in [0, 0.1) is 0 Å². The minimum absolute atomic E-state index is 0.0177. The second kappa shape index (κ2) is 24.5. The molecule has 0 bridgehead atoms. The van der Waals surface area contributed by atoms with Crippen molar-refractivity contribution in [3.8, 4) is 0 Å². The lowest BCUT2D eigenvalue weighted by Crippen LogP contribution is -2.60. The summed E-state index contributed by atoms with van der Waals surface area (Å²) in [5, 5.41) is 30.2. The predicted octanol–water partition coefficient (Wildman–Crippen LogP) is 3.95. The lowest BCUT2D eigenvalue weighted by Gasteiger charge is -2.41. The van der Waals surface area contributed by atoms with E-state index < -0.39 is 59.8 Å². The molecule has 44 heavy (non-hydrogen) atoms. The first kappa shape index (κ1) is 40.3. The van der Waals surface area contributed by atoms with E-state index in [4.69, 9.17) is 23.5 Å². The second-order valence-corrected chi connectivity index (χ2v) is 11.7. The molecule has 4 N–H and O–H groups in total. The Hall–Kier alpha value is -1.68. The van der Waals surface area contributed by atoms with Gasteiger partial charge in [0, 0.05) is 13.0 Å². The maximum Gasteiger partial charge on any atom is 0.397 e. The van der Waals surface area contributed by atoms with Gasteiger partial charge in [0.2, 0.25) is 0 Å². The summed E-state index contributed by atoms with van der Waals surface area (Å²) in [5.41, 5.74) is 0. The number of unbranched alkanes of at least 4 members (excludes halogenated alkanes) is 6. The molecule has 6 atom stereocenters. The summed E-state index contributed by atoms with van der Waals surface area (Å²) in [6, 6.07) is 0. The van der Waals surface area contributed by atoms with E-state index in [0.717, 1.165) is 64.2 Å². The molecule has 12 nitrogen and oxygen atoms in total. The summed E-state index contributed by atoms with van der Waals surface area (Å²) in [6.45, 7) is 3.57. The Kier molecular flexibility index (Phi) is 22.5. The first-order valence-electron chi connectivity index (χ1n) is 15.7. The molecule has 0 aromatic heterocycles. The van der Waals surface area contributed by atoms with Gasteiger partial charge < -0.3 is 34.3 Å². The molecule has 0 saturated carbocycles. The molecular formula is C31H54O12S. The van der Waals surface area contributed by atoms with Gasteiger partial charge >= 0.3 is 16.4 Å². The van der Waals surface area contributed by atoms with Gasteiger partial charge in [-0.05, 0) is 44.9 Å². The quantitative estimate of drug-likeness (QED) is 0.0485. The Labute approximate surface area is 263 Å². The average molecular weight is 651 g/mol. The molecule has 1 aliphatic heterocycles. The molecule has 6 unspecified atom stereocenters.